The fourth-order valence-corrected chi connectivity index (χ4v) is 2.48. The molecular weight excluding hydrogens is 141 g/mol. The molecule has 0 heterocycles. The minimum Gasteiger partial charge on any atom is -0.308 e. The molecule has 0 aromatic heterocycles. The lowest BCUT2D eigenvalue weighted by Crippen LogP contribution is -2.29. The number of hydrogen-bond acceptors (Lipinski definition) is 1. The fraction of sp³-hybridized carbons (Fsp3) is 1.00. The van der Waals surface area contributed by atoms with Crippen LogP contribution in [0.5, 0.6) is 0 Å². The monoisotopic (exact) mass is 161 g/mol. The molecule has 2 atom stereocenters. The molecule has 0 aliphatic heterocycles. The third kappa shape index (κ3) is 6.51. The van der Waals surface area contributed by atoms with Crippen molar-refractivity contribution in [2.24, 2.45) is 0 Å². The van der Waals surface area contributed by atoms with Crippen molar-refractivity contribution in [3.8, 4) is 0 Å². The molecule has 62 valence electrons. The van der Waals surface area contributed by atoms with Gasteiger partial charge in [0.05, 0.1) is 0 Å². The lowest BCUT2D eigenvalue weighted by Gasteiger charge is -2.18. The van der Waals surface area contributed by atoms with Crippen molar-refractivity contribution in [2.45, 2.75) is 52.1 Å². The normalized spacial score (nSPS) is 15.9. The van der Waals surface area contributed by atoms with Gasteiger partial charge in [-0.05, 0) is 12.6 Å². The van der Waals surface area contributed by atoms with E-state index in [0.29, 0.717) is 11.8 Å². The van der Waals surface area contributed by atoms with Crippen LogP contribution in [0.15, 0.2) is 0 Å². The summed E-state index contributed by atoms with van der Waals surface area (Å²) in [5.41, 5.74) is 0.834. The highest BCUT2D eigenvalue weighted by atomic mass is 31.1. The van der Waals surface area contributed by atoms with Gasteiger partial charge in [-0.3, -0.25) is 0 Å². The maximum absolute atomic E-state index is 3.49. The highest BCUT2D eigenvalue weighted by Gasteiger charge is 2.04. The Morgan fingerprint density at radius 2 is 1.50 bits per heavy atom. The molecule has 0 fully saturated rings. The maximum atomic E-state index is 3.49. The van der Waals surface area contributed by atoms with Crippen LogP contribution in [0.25, 0.3) is 0 Å². The van der Waals surface area contributed by atoms with E-state index in [1.54, 1.807) is 0 Å². The van der Waals surface area contributed by atoms with Crippen molar-refractivity contribution >= 4 is 8.58 Å². The lowest BCUT2D eigenvalue weighted by molar-refractivity contribution is 0.582. The van der Waals surface area contributed by atoms with Crippen LogP contribution < -0.4 is 5.32 Å². The molecule has 0 aromatic rings. The first-order valence-corrected chi connectivity index (χ1v) is 5.20. The minimum absolute atomic E-state index is 0.626. The molecule has 0 amide bonds. The molecular formula is C8H20NP. The Hall–Kier alpha value is 0.390. The van der Waals surface area contributed by atoms with Crippen LogP contribution in [-0.2, 0) is 0 Å². The van der Waals surface area contributed by atoms with Crippen LogP contribution >= 0.6 is 8.58 Å². The van der Waals surface area contributed by atoms with Crippen LogP contribution in [0.2, 0.25) is 0 Å². The predicted molar refractivity (Wildman–Crippen MR) is 51.2 cm³/mol. The van der Waals surface area contributed by atoms with Gasteiger partial charge in [0.2, 0.25) is 0 Å². The van der Waals surface area contributed by atoms with Crippen LogP contribution in [0.3, 0.4) is 0 Å². The first kappa shape index (κ1) is 10.4. The molecule has 10 heavy (non-hydrogen) atoms. The number of hydrogen-bond donors (Lipinski definition) is 1. The van der Waals surface area contributed by atoms with Crippen LogP contribution in [0.1, 0.15) is 34.6 Å². The first-order chi connectivity index (χ1) is 4.52. The molecule has 1 nitrogen and oxygen atoms in total. The van der Waals surface area contributed by atoms with Gasteiger partial charge in [0.15, 0.2) is 0 Å². The molecule has 0 saturated carbocycles. The largest absolute Gasteiger partial charge is 0.308 e. The van der Waals surface area contributed by atoms with Crippen molar-refractivity contribution in [2.75, 3.05) is 0 Å². The summed E-state index contributed by atoms with van der Waals surface area (Å²) in [5.74, 6) is 0.694. The van der Waals surface area contributed by atoms with E-state index in [1.165, 1.54) is 0 Å². The van der Waals surface area contributed by atoms with E-state index in [4.69, 9.17) is 0 Å². The predicted octanol–water partition coefficient (Wildman–Crippen LogP) is 2.42. The summed E-state index contributed by atoms with van der Waals surface area (Å²) in [5, 5.41) is 3.49. The molecule has 0 spiro atoms. The van der Waals surface area contributed by atoms with Crippen molar-refractivity contribution < 1.29 is 0 Å². The van der Waals surface area contributed by atoms with Gasteiger partial charge in [0.1, 0.15) is 0 Å². The minimum atomic E-state index is 0.626. The summed E-state index contributed by atoms with van der Waals surface area (Å²) < 4.78 is 0. The fourth-order valence-electron chi connectivity index (χ4n) is 1.05. The first-order valence-electron chi connectivity index (χ1n) is 4.04. The molecule has 0 aliphatic rings. The Morgan fingerprint density at radius 3 is 1.80 bits per heavy atom. The second-order valence-electron chi connectivity index (χ2n) is 3.36. The van der Waals surface area contributed by atoms with Crippen molar-refractivity contribution in [3.63, 3.8) is 0 Å². The molecule has 0 aromatic carbocycles. The van der Waals surface area contributed by atoms with Gasteiger partial charge in [-0.1, -0.05) is 27.7 Å². The molecule has 0 radical (unpaired) electrons. The Bertz CT molecular complexity index is 71.3. The molecule has 1 N–H and O–H groups in total. The van der Waals surface area contributed by atoms with Crippen LogP contribution in [-0.4, -0.2) is 17.5 Å². The lowest BCUT2D eigenvalue weighted by atomic mass is 10.4. The Morgan fingerprint density at radius 1 is 1.00 bits per heavy atom. The molecule has 2 unspecified atom stereocenters. The molecule has 0 bridgehead atoms. The van der Waals surface area contributed by atoms with E-state index in [-0.39, 0.29) is 0 Å². The SMILES string of the molecule is CC(C)NC(C)PC(C)C. The Balaban J connectivity index is 3.34. The van der Waals surface area contributed by atoms with Gasteiger partial charge in [0.25, 0.3) is 0 Å². The summed E-state index contributed by atoms with van der Waals surface area (Å²) in [4.78, 5) is 0. The van der Waals surface area contributed by atoms with E-state index in [0.717, 1.165) is 14.2 Å². The Kier molecular flexibility index (Phi) is 5.29. The number of rotatable bonds is 4. The summed E-state index contributed by atoms with van der Waals surface area (Å²) in [6, 6.07) is 0.626. The zero-order chi connectivity index (χ0) is 8.15. The zero-order valence-electron chi connectivity index (χ0n) is 7.73. The van der Waals surface area contributed by atoms with Gasteiger partial charge in [-0.2, -0.15) is 0 Å². The third-order valence-corrected chi connectivity index (χ3v) is 2.50. The second-order valence-corrected chi connectivity index (χ2v) is 5.72. The highest BCUT2D eigenvalue weighted by molar-refractivity contribution is 7.39. The quantitative estimate of drug-likeness (QED) is 0.624. The van der Waals surface area contributed by atoms with E-state index < -0.39 is 0 Å². The van der Waals surface area contributed by atoms with E-state index in [1.807, 2.05) is 0 Å². The van der Waals surface area contributed by atoms with E-state index in [2.05, 4.69) is 39.9 Å². The molecule has 0 aliphatic carbocycles. The zero-order valence-corrected chi connectivity index (χ0v) is 8.73. The highest BCUT2D eigenvalue weighted by Crippen LogP contribution is 2.22. The average Bonchev–Trinajstić information content (AvgIpc) is 1.58. The number of nitrogens with one attached hydrogen (secondary N) is 1. The van der Waals surface area contributed by atoms with Gasteiger partial charge in [-0.15, -0.1) is 8.58 Å². The van der Waals surface area contributed by atoms with Crippen LogP contribution in [0, 0.1) is 0 Å². The van der Waals surface area contributed by atoms with Crippen LogP contribution in [0.4, 0.5) is 0 Å². The Labute approximate surface area is 66.8 Å². The van der Waals surface area contributed by atoms with Gasteiger partial charge >= 0.3 is 0 Å². The molecule has 0 rings (SSSR count). The topological polar surface area (TPSA) is 12.0 Å². The molecule has 2 heteroatoms. The van der Waals surface area contributed by atoms with E-state index in [9.17, 15) is 0 Å². The summed E-state index contributed by atoms with van der Waals surface area (Å²) in [6.45, 7) is 11.2. The van der Waals surface area contributed by atoms with Gasteiger partial charge in [-0.25, -0.2) is 0 Å². The van der Waals surface area contributed by atoms with Gasteiger partial charge < -0.3 is 5.32 Å². The van der Waals surface area contributed by atoms with Gasteiger partial charge in [0, 0.05) is 11.8 Å². The smallest absolute Gasteiger partial charge is 0.0216 e. The third-order valence-electron chi connectivity index (χ3n) is 1.17. The summed E-state index contributed by atoms with van der Waals surface area (Å²) in [6.07, 6.45) is 0. The maximum Gasteiger partial charge on any atom is 0.0216 e. The second kappa shape index (κ2) is 5.09. The van der Waals surface area contributed by atoms with Crippen molar-refractivity contribution in [1.82, 2.24) is 5.32 Å². The van der Waals surface area contributed by atoms with Crippen molar-refractivity contribution in [1.29, 1.82) is 0 Å². The van der Waals surface area contributed by atoms with Crippen molar-refractivity contribution in [3.05, 3.63) is 0 Å². The summed E-state index contributed by atoms with van der Waals surface area (Å²) >= 11 is 0. The standard InChI is InChI=1S/C8H20NP/c1-6(2)9-8(5)10-7(3)4/h6-10H,1-5H3. The van der Waals surface area contributed by atoms with E-state index >= 15 is 0 Å². The average molecular weight is 161 g/mol. The summed E-state index contributed by atoms with van der Waals surface area (Å²) in [7, 11) is 1.04. The molecule has 0 saturated heterocycles.